The lowest BCUT2D eigenvalue weighted by atomic mass is 10.1. The molecule has 15 heavy (non-hydrogen) atoms. The second-order valence-electron chi connectivity index (χ2n) is 2.88. The molecule has 3 nitrogen and oxygen atoms in total. The molecule has 0 saturated carbocycles. The highest BCUT2D eigenvalue weighted by Crippen LogP contribution is 2.32. The monoisotopic (exact) mass is 240 g/mol. The third-order valence-corrected chi connectivity index (χ3v) is 2.15. The minimum atomic E-state index is -4.46. The highest BCUT2D eigenvalue weighted by molar-refractivity contribution is 6.30. The lowest BCUT2D eigenvalue weighted by molar-refractivity contribution is -0.137. The first kappa shape index (κ1) is 12.2. The molecule has 0 aliphatic heterocycles. The maximum Gasteiger partial charge on any atom is 0.417 e. The van der Waals surface area contributed by atoms with Crippen molar-refractivity contribution in [2.24, 2.45) is 5.90 Å². The fraction of sp³-hybridized carbons (Fsp3) is 0.375. The predicted octanol–water partition coefficient (Wildman–Crippen LogP) is 2.71. The zero-order valence-corrected chi connectivity index (χ0v) is 8.43. The van der Waals surface area contributed by atoms with Gasteiger partial charge in [0.05, 0.1) is 5.56 Å². The summed E-state index contributed by atoms with van der Waals surface area (Å²) in [6, 6.07) is 0.868. The first-order valence-corrected chi connectivity index (χ1v) is 4.32. The average molecular weight is 241 g/mol. The van der Waals surface area contributed by atoms with Crippen molar-refractivity contribution in [3.63, 3.8) is 0 Å². The van der Waals surface area contributed by atoms with Gasteiger partial charge in [-0.3, -0.25) is 4.84 Å². The molecule has 1 heterocycles. The molecule has 0 aromatic carbocycles. The van der Waals surface area contributed by atoms with Gasteiger partial charge in [-0.2, -0.15) is 13.2 Å². The van der Waals surface area contributed by atoms with Gasteiger partial charge >= 0.3 is 6.18 Å². The smallest absolute Gasteiger partial charge is 0.297 e. The van der Waals surface area contributed by atoms with Gasteiger partial charge in [-0.1, -0.05) is 11.6 Å². The van der Waals surface area contributed by atoms with Gasteiger partial charge in [0.25, 0.3) is 0 Å². The van der Waals surface area contributed by atoms with E-state index in [1.165, 1.54) is 6.92 Å². The maximum absolute atomic E-state index is 12.3. The lowest BCUT2D eigenvalue weighted by Crippen LogP contribution is -2.11. The van der Waals surface area contributed by atoms with Crippen LogP contribution in [-0.2, 0) is 11.0 Å². The summed E-state index contributed by atoms with van der Waals surface area (Å²) in [5.41, 5.74) is -0.778. The van der Waals surface area contributed by atoms with Crippen LogP contribution in [-0.4, -0.2) is 4.98 Å². The van der Waals surface area contributed by atoms with Gasteiger partial charge in [0.2, 0.25) is 0 Å². The quantitative estimate of drug-likeness (QED) is 0.639. The Bertz CT molecular complexity index is 356. The Kier molecular flexibility index (Phi) is 3.54. The molecule has 84 valence electrons. The summed E-state index contributed by atoms with van der Waals surface area (Å²) < 4.78 is 36.9. The molecule has 0 aliphatic carbocycles. The Morgan fingerprint density at radius 1 is 1.53 bits per heavy atom. The summed E-state index contributed by atoms with van der Waals surface area (Å²) in [4.78, 5) is 7.82. The molecule has 2 N–H and O–H groups in total. The van der Waals surface area contributed by atoms with Crippen LogP contribution in [0.3, 0.4) is 0 Å². The van der Waals surface area contributed by atoms with Gasteiger partial charge in [0, 0.05) is 11.8 Å². The number of aromatic nitrogens is 1. The van der Waals surface area contributed by atoms with Crippen LogP contribution in [0, 0.1) is 0 Å². The molecule has 0 spiro atoms. The van der Waals surface area contributed by atoms with Crippen LogP contribution in [0.5, 0.6) is 0 Å². The number of pyridine rings is 1. The molecule has 1 rings (SSSR count). The van der Waals surface area contributed by atoms with E-state index in [9.17, 15) is 13.2 Å². The largest absolute Gasteiger partial charge is 0.417 e. The number of nitrogens with zero attached hydrogens (tertiary/aromatic N) is 1. The minimum Gasteiger partial charge on any atom is -0.297 e. The molecule has 0 amide bonds. The van der Waals surface area contributed by atoms with E-state index in [1.807, 2.05) is 0 Å². The van der Waals surface area contributed by atoms with Crippen LogP contribution >= 0.6 is 11.6 Å². The summed E-state index contributed by atoms with van der Waals surface area (Å²) in [5, 5.41) is -0.0547. The average Bonchev–Trinajstić information content (AvgIpc) is 2.15. The number of nitrogens with two attached hydrogens (primary N) is 1. The van der Waals surface area contributed by atoms with E-state index >= 15 is 0 Å². The maximum atomic E-state index is 12.3. The molecule has 1 atom stereocenters. The van der Waals surface area contributed by atoms with Crippen LogP contribution in [0.25, 0.3) is 0 Å². The van der Waals surface area contributed by atoms with E-state index in [-0.39, 0.29) is 10.7 Å². The van der Waals surface area contributed by atoms with Crippen molar-refractivity contribution >= 4 is 11.6 Å². The Labute approximate surface area is 89.0 Å². The Morgan fingerprint density at radius 3 is 2.60 bits per heavy atom. The van der Waals surface area contributed by atoms with Gasteiger partial charge in [-0.05, 0) is 13.0 Å². The molecular weight excluding hydrogens is 233 g/mol. The summed E-state index contributed by atoms with van der Waals surface area (Å²) in [6.07, 6.45) is -4.54. The predicted molar refractivity (Wildman–Crippen MR) is 47.9 cm³/mol. The van der Waals surface area contributed by atoms with Crippen molar-refractivity contribution in [3.8, 4) is 0 Å². The summed E-state index contributed by atoms with van der Waals surface area (Å²) in [7, 11) is 0. The van der Waals surface area contributed by atoms with Crippen molar-refractivity contribution < 1.29 is 18.0 Å². The minimum absolute atomic E-state index is 0.0547. The number of rotatable bonds is 2. The van der Waals surface area contributed by atoms with Crippen LogP contribution < -0.4 is 5.90 Å². The van der Waals surface area contributed by atoms with Crippen LogP contribution in [0.15, 0.2) is 12.3 Å². The third-order valence-electron chi connectivity index (χ3n) is 1.84. The van der Waals surface area contributed by atoms with Crippen molar-refractivity contribution in [3.05, 3.63) is 28.5 Å². The fourth-order valence-corrected chi connectivity index (χ4v) is 1.24. The van der Waals surface area contributed by atoms with Crippen LogP contribution in [0.1, 0.15) is 24.2 Å². The van der Waals surface area contributed by atoms with Gasteiger partial charge in [0.1, 0.15) is 11.3 Å². The number of alkyl halides is 3. The Hall–Kier alpha value is -0.850. The van der Waals surface area contributed by atoms with Gasteiger partial charge in [-0.25, -0.2) is 10.9 Å². The molecule has 1 aromatic rings. The second kappa shape index (κ2) is 4.34. The summed E-state index contributed by atoms with van der Waals surface area (Å²) in [6.45, 7) is 1.48. The molecule has 0 bridgehead atoms. The Morgan fingerprint density at radius 2 is 2.13 bits per heavy atom. The SMILES string of the molecule is CC(ON)c1cc(C(F)(F)F)cnc1Cl. The summed E-state index contributed by atoms with van der Waals surface area (Å²) >= 11 is 5.61. The van der Waals surface area contributed by atoms with Crippen molar-refractivity contribution in [1.82, 2.24) is 4.98 Å². The molecule has 0 radical (unpaired) electrons. The molecule has 7 heteroatoms. The van der Waals surface area contributed by atoms with E-state index in [0.717, 1.165) is 6.07 Å². The zero-order valence-electron chi connectivity index (χ0n) is 7.68. The third kappa shape index (κ3) is 2.80. The van der Waals surface area contributed by atoms with E-state index in [1.54, 1.807) is 0 Å². The van der Waals surface area contributed by atoms with Crippen molar-refractivity contribution in [2.75, 3.05) is 0 Å². The molecule has 0 fully saturated rings. The number of hydrogen-bond donors (Lipinski definition) is 1. The van der Waals surface area contributed by atoms with Gasteiger partial charge < -0.3 is 0 Å². The highest BCUT2D eigenvalue weighted by Gasteiger charge is 2.32. The normalized spacial score (nSPS) is 14.0. The lowest BCUT2D eigenvalue weighted by Gasteiger charge is -2.13. The molecule has 1 unspecified atom stereocenters. The standard InChI is InChI=1S/C8H8ClF3N2O/c1-4(15-13)6-2-5(8(10,11)12)3-14-7(6)9/h2-4H,13H2,1H3. The highest BCUT2D eigenvalue weighted by atomic mass is 35.5. The number of hydrogen-bond acceptors (Lipinski definition) is 3. The van der Waals surface area contributed by atoms with Crippen molar-refractivity contribution in [1.29, 1.82) is 0 Å². The topological polar surface area (TPSA) is 48.1 Å². The van der Waals surface area contributed by atoms with E-state index in [4.69, 9.17) is 17.5 Å². The molecule has 1 aromatic heterocycles. The van der Waals surface area contributed by atoms with E-state index in [2.05, 4.69) is 9.82 Å². The first-order valence-electron chi connectivity index (χ1n) is 3.94. The van der Waals surface area contributed by atoms with Gasteiger partial charge in [0.15, 0.2) is 0 Å². The first-order chi connectivity index (χ1) is 6.86. The summed E-state index contributed by atoms with van der Waals surface area (Å²) in [5.74, 6) is 4.86. The van der Waals surface area contributed by atoms with E-state index in [0.29, 0.717) is 6.20 Å². The van der Waals surface area contributed by atoms with E-state index < -0.39 is 17.8 Å². The van der Waals surface area contributed by atoms with Gasteiger partial charge in [-0.15, -0.1) is 0 Å². The van der Waals surface area contributed by atoms with Crippen molar-refractivity contribution in [2.45, 2.75) is 19.2 Å². The zero-order chi connectivity index (χ0) is 11.6. The molecule has 0 aliphatic rings. The second-order valence-corrected chi connectivity index (χ2v) is 3.24. The Balaban J connectivity index is 3.17. The number of halogens is 4. The van der Waals surface area contributed by atoms with Crippen LogP contribution in [0.4, 0.5) is 13.2 Å². The fourth-order valence-electron chi connectivity index (χ4n) is 0.979. The van der Waals surface area contributed by atoms with Crippen LogP contribution in [0.2, 0.25) is 5.15 Å². The molecular formula is C8H8ClF3N2O. The molecule has 0 saturated heterocycles.